The van der Waals surface area contributed by atoms with Crippen LogP contribution in [0.3, 0.4) is 0 Å². The van der Waals surface area contributed by atoms with Crippen LogP contribution in [0.4, 0.5) is 0 Å². The van der Waals surface area contributed by atoms with Gasteiger partial charge in [0.1, 0.15) is 0 Å². The Labute approximate surface area is 70.8 Å². The molecular weight excluding hydrogens is 156 g/mol. The highest BCUT2D eigenvalue weighted by atomic mass is 32.2. The molecule has 1 heterocycles. The minimum absolute atomic E-state index is 0.271. The van der Waals surface area contributed by atoms with Crippen LogP contribution in [0.25, 0.3) is 0 Å². The van der Waals surface area contributed by atoms with Crippen LogP contribution in [0.5, 0.6) is 0 Å². The van der Waals surface area contributed by atoms with Crippen LogP contribution >= 0.6 is 11.8 Å². The van der Waals surface area contributed by atoms with Crippen LogP contribution in [-0.2, 0) is 4.74 Å². The lowest BCUT2D eigenvalue weighted by atomic mass is 10.1. The number of hydrogen-bond acceptors (Lipinski definition) is 2. The first-order valence-electron chi connectivity index (χ1n) is 3.71. The molecule has 0 fully saturated rings. The van der Waals surface area contributed by atoms with Crippen LogP contribution in [0.15, 0.2) is 29.2 Å². The summed E-state index contributed by atoms with van der Waals surface area (Å²) in [4.78, 5) is 1.37. The van der Waals surface area contributed by atoms with Crippen molar-refractivity contribution in [2.24, 2.45) is 0 Å². The summed E-state index contributed by atoms with van der Waals surface area (Å²) in [5.41, 5.74) is 1.32. The van der Waals surface area contributed by atoms with Crippen molar-refractivity contribution in [3.63, 3.8) is 0 Å². The fraction of sp³-hybridized carbons (Fsp3) is 0.333. The maximum absolute atomic E-state index is 5.47. The van der Waals surface area contributed by atoms with Gasteiger partial charge < -0.3 is 4.74 Å². The molecular formula is C9H10OS. The van der Waals surface area contributed by atoms with Crippen LogP contribution in [0, 0.1) is 0 Å². The lowest BCUT2D eigenvalue weighted by Crippen LogP contribution is -2.06. The molecule has 0 saturated heterocycles. The SMILES string of the molecule is CC1OCSc2ccccc21. The third kappa shape index (κ3) is 1.28. The minimum Gasteiger partial charge on any atom is -0.363 e. The molecule has 2 heteroatoms. The topological polar surface area (TPSA) is 9.23 Å². The third-order valence-electron chi connectivity index (χ3n) is 1.89. The summed E-state index contributed by atoms with van der Waals surface area (Å²) in [7, 11) is 0. The van der Waals surface area contributed by atoms with Crippen LogP contribution in [0.1, 0.15) is 18.6 Å². The number of fused-ring (bicyclic) bond motifs is 1. The quantitative estimate of drug-likeness (QED) is 0.586. The third-order valence-corrected chi connectivity index (χ3v) is 2.83. The van der Waals surface area contributed by atoms with E-state index in [1.54, 1.807) is 11.8 Å². The Morgan fingerprint density at radius 1 is 1.45 bits per heavy atom. The molecule has 1 aliphatic heterocycles. The standard InChI is InChI=1S/C9H10OS/c1-7-8-4-2-3-5-9(8)11-6-10-7/h2-5,7H,6H2,1H3. The molecule has 0 amide bonds. The summed E-state index contributed by atoms with van der Waals surface area (Å²) in [6.07, 6.45) is 0.271. The second-order valence-electron chi connectivity index (χ2n) is 2.61. The number of ether oxygens (including phenoxy) is 1. The van der Waals surface area contributed by atoms with E-state index in [4.69, 9.17) is 4.74 Å². The molecule has 11 heavy (non-hydrogen) atoms. The maximum atomic E-state index is 5.47. The monoisotopic (exact) mass is 166 g/mol. The second-order valence-corrected chi connectivity index (χ2v) is 3.57. The predicted octanol–water partition coefficient (Wildman–Crippen LogP) is 2.83. The molecule has 1 aromatic rings. The Bertz CT molecular complexity index is 259. The molecule has 0 aliphatic carbocycles. The van der Waals surface area contributed by atoms with E-state index < -0.39 is 0 Å². The molecule has 0 aromatic heterocycles. The average molecular weight is 166 g/mol. The van der Waals surface area contributed by atoms with Crippen molar-refractivity contribution in [3.8, 4) is 0 Å². The average Bonchev–Trinajstić information content (AvgIpc) is 2.06. The summed E-state index contributed by atoms with van der Waals surface area (Å²) in [5, 5.41) is 0. The highest BCUT2D eigenvalue weighted by Gasteiger charge is 2.15. The molecule has 58 valence electrons. The lowest BCUT2D eigenvalue weighted by molar-refractivity contribution is 0.0989. The van der Waals surface area contributed by atoms with Gasteiger partial charge in [-0.2, -0.15) is 0 Å². The summed E-state index contributed by atoms with van der Waals surface area (Å²) < 4.78 is 5.47. The molecule has 0 saturated carbocycles. The van der Waals surface area contributed by atoms with Gasteiger partial charge in [0.25, 0.3) is 0 Å². The van der Waals surface area contributed by atoms with Gasteiger partial charge >= 0.3 is 0 Å². The van der Waals surface area contributed by atoms with E-state index in [-0.39, 0.29) is 6.10 Å². The van der Waals surface area contributed by atoms with Gasteiger partial charge in [0, 0.05) is 4.90 Å². The molecule has 1 nitrogen and oxygen atoms in total. The zero-order chi connectivity index (χ0) is 7.68. The van der Waals surface area contributed by atoms with Crippen LogP contribution in [-0.4, -0.2) is 5.94 Å². The Hall–Kier alpha value is -0.470. The molecule has 1 atom stereocenters. The van der Waals surface area contributed by atoms with E-state index in [1.807, 2.05) is 0 Å². The summed E-state index contributed by atoms with van der Waals surface area (Å²) in [6, 6.07) is 8.42. The Balaban J connectivity index is 2.44. The van der Waals surface area contributed by atoms with Gasteiger partial charge in [0.15, 0.2) is 0 Å². The normalized spacial score (nSPS) is 22.8. The fourth-order valence-electron chi connectivity index (χ4n) is 1.24. The largest absolute Gasteiger partial charge is 0.363 e. The maximum Gasteiger partial charge on any atom is 0.0975 e. The Kier molecular flexibility index (Phi) is 1.88. The molecule has 1 aliphatic rings. The Morgan fingerprint density at radius 3 is 3.09 bits per heavy atom. The van der Waals surface area contributed by atoms with E-state index in [2.05, 4.69) is 31.2 Å². The van der Waals surface area contributed by atoms with Crippen molar-refractivity contribution < 1.29 is 4.74 Å². The van der Waals surface area contributed by atoms with Gasteiger partial charge in [0.2, 0.25) is 0 Å². The fourth-order valence-corrected chi connectivity index (χ4v) is 2.21. The molecule has 0 spiro atoms. The zero-order valence-electron chi connectivity index (χ0n) is 6.41. The van der Waals surface area contributed by atoms with Crippen molar-refractivity contribution in [2.75, 3.05) is 5.94 Å². The van der Waals surface area contributed by atoms with Gasteiger partial charge in [0.05, 0.1) is 12.0 Å². The highest BCUT2D eigenvalue weighted by molar-refractivity contribution is 7.99. The Morgan fingerprint density at radius 2 is 2.27 bits per heavy atom. The first kappa shape index (κ1) is 7.19. The molecule has 0 N–H and O–H groups in total. The zero-order valence-corrected chi connectivity index (χ0v) is 7.23. The first-order valence-corrected chi connectivity index (χ1v) is 4.70. The van der Waals surface area contributed by atoms with E-state index in [0.29, 0.717) is 0 Å². The predicted molar refractivity (Wildman–Crippen MR) is 46.7 cm³/mol. The van der Waals surface area contributed by atoms with E-state index in [0.717, 1.165) is 5.94 Å². The van der Waals surface area contributed by atoms with Gasteiger partial charge in [-0.15, -0.1) is 0 Å². The van der Waals surface area contributed by atoms with Crippen molar-refractivity contribution in [2.45, 2.75) is 17.9 Å². The molecule has 0 radical (unpaired) electrons. The highest BCUT2D eigenvalue weighted by Crippen LogP contribution is 2.34. The van der Waals surface area contributed by atoms with E-state index in [9.17, 15) is 0 Å². The smallest absolute Gasteiger partial charge is 0.0975 e. The van der Waals surface area contributed by atoms with Crippen molar-refractivity contribution >= 4 is 11.8 Å². The number of rotatable bonds is 0. The van der Waals surface area contributed by atoms with Crippen LogP contribution < -0.4 is 0 Å². The van der Waals surface area contributed by atoms with E-state index in [1.165, 1.54) is 10.5 Å². The minimum atomic E-state index is 0.271. The lowest BCUT2D eigenvalue weighted by Gasteiger charge is -2.21. The second kappa shape index (κ2) is 2.88. The van der Waals surface area contributed by atoms with Gasteiger partial charge in [-0.05, 0) is 18.6 Å². The van der Waals surface area contributed by atoms with Crippen molar-refractivity contribution in [1.29, 1.82) is 0 Å². The van der Waals surface area contributed by atoms with Crippen molar-refractivity contribution in [3.05, 3.63) is 29.8 Å². The van der Waals surface area contributed by atoms with E-state index >= 15 is 0 Å². The molecule has 0 bridgehead atoms. The van der Waals surface area contributed by atoms with Gasteiger partial charge in [-0.1, -0.05) is 30.0 Å². The summed E-state index contributed by atoms with van der Waals surface area (Å²) >= 11 is 1.77. The van der Waals surface area contributed by atoms with Crippen LogP contribution in [0.2, 0.25) is 0 Å². The van der Waals surface area contributed by atoms with Crippen molar-refractivity contribution in [1.82, 2.24) is 0 Å². The van der Waals surface area contributed by atoms with Gasteiger partial charge in [-0.25, -0.2) is 0 Å². The summed E-state index contributed by atoms with van der Waals surface area (Å²) in [5.74, 6) is 0.790. The summed E-state index contributed by atoms with van der Waals surface area (Å²) in [6.45, 7) is 2.10. The molecule has 1 aromatic carbocycles. The number of benzene rings is 1. The number of thioether (sulfide) groups is 1. The number of hydrogen-bond donors (Lipinski definition) is 0. The van der Waals surface area contributed by atoms with Gasteiger partial charge in [-0.3, -0.25) is 0 Å². The first-order chi connectivity index (χ1) is 5.38. The molecule has 1 unspecified atom stereocenters. The molecule has 2 rings (SSSR count).